The van der Waals surface area contributed by atoms with Crippen molar-refractivity contribution in [1.29, 1.82) is 0 Å². The largest absolute Gasteiger partial charge is 0.465 e. The van der Waals surface area contributed by atoms with Crippen LogP contribution in [0.25, 0.3) is 0 Å². The van der Waals surface area contributed by atoms with Crippen LogP contribution in [-0.4, -0.2) is 28.8 Å². The first-order valence-corrected chi connectivity index (χ1v) is 9.10. The Labute approximate surface area is 154 Å². The molecule has 2 aromatic heterocycles. The third-order valence-electron chi connectivity index (χ3n) is 4.51. The van der Waals surface area contributed by atoms with Crippen LogP contribution in [0.3, 0.4) is 0 Å². The number of amides is 1. The maximum atomic E-state index is 12.3. The van der Waals surface area contributed by atoms with Crippen LogP contribution in [0.1, 0.15) is 38.7 Å². The molecule has 1 aromatic carbocycles. The molecule has 0 aliphatic carbocycles. The molecule has 6 nitrogen and oxygen atoms in total. The van der Waals surface area contributed by atoms with E-state index >= 15 is 0 Å². The number of hydrogen-bond donors (Lipinski definition) is 1. The molecule has 26 heavy (non-hydrogen) atoms. The zero-order valence-electron chi connectivity index (χ0n) is 14.1. The highest BCUT2D eigenvalue weighted by Gasteiger charge is 2.30. The molecule has 0 spiro atoms. The summed E-state index contributed by atoms with van der Waals surface area (Å²) in [6, 6.07) is 11.2. The summed E-state index contributed by atoms with van der Waals surface area (Å²) in [7, 11) is 1.36. The van der Waals surface area contributed by atoms with Gasteiger partial charge in [0, 0.05) is 22.8 Å². The average molecular weight is 367 g/mol. The van der Waals surface area contributed by atoms with Crippen molar-refractivity contribution in [1.82, 2.24) is 9.78 Å². The van der Waals surface area contributed by atoms with Gasteiger partial charge in [-0.05, 0) is 29.1 Å². The van der Waals surface area contributed by atoms with Crippen molar-refractivity contribution in [2.75, 3.05) is 12.4 Å². The number of anilines is 1. The van der Waals surface area contributed by atoms with Crippen molar-refractivity contribution >= 4 is 29.0 Å². The molecule has 0 radical (unpaired) electrons. The van der Waals surface area contributed by atoms with Gasteiger partial charge in [0.2, 0.25) is 5.91 Å². The first-order valence-electron chi connectivity index (χ1n) is 8.22. The van der Waals surface area contributed by atoms with Crippen molar-refractivity contribution in [3.05, 3.63) is 69.5 Å². The average Bonchev–Trinajstić information content (AvgIpc) is 3.31. The predicted octanol–water partition coefficient (Wildman–Crippen LogP) is 3.25. The fourth-order valence-electron chi connectivity index (χ4n) is 3.21. The minimum atomic E-state index is -0.373. The number of hydrogen-bond acceptors (Lipinski definition) is 5. The second kappa shape index (κ2) is 6.76. The van der Waals surface area contributed by atoms with Gasteiger partial charge < -0.3 is 10.1 Å². The Kier molecular flexibility index (Phi) is 4.30. The highest BCUT2D eigenvalue weighted by Crippen LogP contribution is 2.37. The molecular formula is C19H17N3O3S. The summed E-state index contributed by atoms with van der Waals surface area (Å²) in [4.78, 5) is 25.0. The number of carbonyl (C=O) groups excluding carboxylic acids is 2. The predicted molar refractivity (Wildman–Crippen MR) is 98.5 cm³/mol. The zero-order valence-corrected chi connectivity index (χ0v) is 15.0. The molecule has 1 aliphatic heterocycles. The molecule has 0 unspecified atom stereocenters. The van der Waals surface area contributed by atoms with Crippen molar-refractivity contribution in [2.45, 2.75) is 18.9 Å². The third kappa shape index (κ3) is 3.01. The summed E-state index contributed by atoms with van der Waals surface area (Å²) >= 11 is 1.66. The Morgan fingerprint density at radius 2 is 2.15 bits per heavy atom. The van der Waals surface area contributed by atoms with Crippen LogP contribution in [0.15, 0.2) is 48.0 Å². The van der Waals surface area contributed by atoms with Gasteiger partial charge >= 0.3 is 5.97 Å². The van der Waals surface area contributed by atoms with E-state index in [9.17, 15) is 9.59 Å². The lowest BCUT2D eigenvalue weighted by molar-refractivity contribution is -0.116. The van der Waals surface area contributed by atoms with Crippen LogP contribution >= 0.6 is 11.3 Å². The molecule has 1 N–H and O–H groups in total. The van der Waals surface area contributed by atoms with E-state index in [1.165, 1.54) is 12.0 Å². The van der Waals surface area contributed by atoms with Crippen molar-refractivity contribution < 1.29 is 14.3 Å². The van der Waals surface area contributed by atoms with Crippen LogP contribution in [0, 0.1) is 0 Å². The van der Waals surface area contributed by atoms with E-state index < -0.39 is 0 Å². The van der Waals surface area contributed by atoms with Gasteiger partial charge in [0.15, 0.2) is 0 Å². The molecule has 0 saturated heterocycles. The van der Waals surface area contributed by atoms with Crippen LogP contribution in [0.2, 0.25) is 0 Å². The van der Waals surface area contributed by atoms with Crippen LogP contribution < -0.4 is 5.32 Å². The molecule has 4 rings (SSSR count). The minimum Gasteiger partial charge on any atom is -0.465 e. The molecular weight excluding hydrogens is 350 g/mol. The highest BCUT2D eigenvalue weighted by molar-refractivity contribution is 7.09. The number of nitrogens with zero attached hydrogens (tertiary/aromatic N) is 2. The zero-order chi connectivity index (χ0) is 18.1. The monoisotopic (exact) mass is 367 g/mol. The van der Waals surface area contributed by atoms with Gasteiger partial charge in [-0.3, -0.25) is 4.79 Å². The number of thiophene rings is 1. The normalized spacial score (nSPS) is 16.0. The van der Waals surface area contributed by atoms with Gasteiger partial charge in [0.1, 0.15) is 5.82 Å². The summed E-state index contributed by atoms with van der Waals surface area (Å²) in [6.45, 7) is 0.626. The molecule has 0 fully saturated rings. The number of fused-ring (bicyclic) bond motifs is 1. The van der Waals surface area contributed by atoms with E-state index in [2.05, 4.69) is 10.4 Å². The van der Waals surface area contributed by atoms with Crippen LogP contribution in [-0.2, 0) is 16.1 Å². The van der Waals surface area contributed by atoms with Gasteiger partial charge in [-0.1, -0.05) is 18.2 Å². The maximum absolute atomic E-state index is 12.3. The number of esters is 1. The molecule has 1 amide bonds. The number of aromatic nitrogens is 2. The van der Waals surface area contributed by atoms with E-state index in [-0.39, 0.29) is 17.8 Å². The second-order valence-corrected chi connectivity index (χ2v) is 7.14. The minimum absolute atomic E-state index is 0.0347. The Morgan fingerprint density at radius 1 is 1.35 bits per heavy atom. The fraction of sp³-hybridized carbons (Fsp3) is 0.211. The maximum Gasteiger partial charge on any atom is 0.337 e. The molecule has 7 heteroatoms. The van der Waals surface area contributed by atoms with E-state index in [1.807, 2.05) is 40.5 Å². The Hall–Kier alpha value is -2.93. The van der Waals surface area contributed by atoms with Crippen molar-refractivity contribution in [3.63, 3.8) is 0 Å². The lowest BCUT2D eigenvalue weighted by atomic mass is 9.87. The smallest absolute Gasteiger partial charge is 0.337 e. The number of benzene rings is 1. The van der Waals surface area contributed by atoms with Gasteiger partial charge in [0.25, 0.3) is 0 Å². The Bertz CT molecular complexity index is 945. The molecule has 3 heterocycles. The Morgan fingerprint density at radius 3 is 2.85 bits per heavy atom. The second-order valence-electron chi connectivity index (χ2n) is 6.10. The quantitative estimate of drug-likeness (QED) is 0.719. The number of carbonyl (C=O) groups is 2. The van der Waals surface area contributed by atoms with E-state index in [1.54, 1.807) is 23.5 Å². The third-order valence-corrected chi connectivity index (χ3v) is 5.37. The summed E-state index contributed by atoms with van der Waals surface area (Å²) in [5.41, 5.74) is 2.46. The highest BCUT2D eigenvalue weighted by atomic mass is 32.1. The first kappa shape index (κ1) is 16.5. The van der Waals surface area contributed by atoms with E-state index in [0.29, 0.717) is 18.5 Å². The summed E-state index contributed by atoms with van der Waals surface area (Å²) in [5.74, 6) is 0.258. The molecule has 0 bridgehead atoms. The SMILES string of the molecule is COC(=O)c1ccc([C@@H]2CC(=O)Nc3c2cnn3Cc2cccs2)cc1. The standard InChI is InChI=1S/C19H17N3O3S/c1-25-19(24)13-6-4-12(5-7-13)15-9-17(23)21-18-16(15)10-20-22(18)11-14-3-2-8-26-14/h2-8,10,15H,9,11H2,1H3,(H,21,23)/t15-/m0/s1. The van der Waals surface area contributed by atoms with Crippen molar-refractivity contribution in [2.24, 2.45) is 0 Å². The number of methoxy groups -OCH3 is 1. The van der Waals surface area contributed by atoms with E-state index in [0.717, 1.165) is 16.9 Å². The lowest BCUT2D eigenvalue weighted by Crippen LogP contribution is -2.25. The number of rotatable bonds is 4. The number of nitrogens with one attached hydrogen (secondary N) is 1. The van der Waals surface area contributed by atoms with Crippen molar-refractivity contribution in [3.8, 4) is 0 Å². The molecule has 132 valence electrons. The summed E-state index contributed by atoms with van der Waals surface area (Å²) in [5, 5.41) is 9.45. The van der Waals surface area contributed by atoms with E-state index in [4.69, 9.17) is 4.74 Å². The van der Waals surface area contributed by atoms with Gasteiger partial charge in [-0.25, -0.2) is 9.48 Å². The molecule has 1 aliphatic rings. The van der Waals surface area contributed by atoms with Crippen LogP contribution in [0.4, 0.5) is 5.82 Å². The fourth-order valence-corrected chi connectivity index (χ4v) is 3.89. The summed E-state index contributed by atoms with van der Waals surface area (Å²) < 4.78 is 6.56. The van der Waals surface area contributed by atoms with Gasteiger partial charge in [-0.15, -0.1) is 11.3 Å². The molecule has 3 aromatic rings. The first-order chi connectivity index (χ1) is 12.7. The van der Waals surface area contributed by atoms with Crippen LogP contribution in [0.5, 0.6) is 0 Å². The summed E-state index contributed by atoms with van der Waals surface area (Å²) in [6.07, 6.45) is 2.18. The molecule has 1 atom stereocenters. The van der Waals surface area contributed by atoms with Gasteiger partial charge in [0.05, 0.1) is 25.4 Å². The number of ether oxygens (including phenoxy) is 1. The lowest BCUT2D eigenvalue weighted by Gasteiger charge is -2.23. The Balaban J connectivity index is 1.66. The van der Waals surface area contributed by atoms with Gasteiger partial charge in [-0.2, -0.15) is 5.10 Å². The topological polar surface area (TPSA) is 73.2 Å². The molecule has 0 saturated carbocycles.